The third-order valence-corrected chi connectivity index (χ3v) is 9.34. The summed E-state index contributed by atoms with van der Waals surface area (Å²) in [4.78, 5) is 41.0. The van der Waals surface area contributed by atoms with E-state index in [2.05, 4.69) is 0 Å². The second-order valence-corrected chi connectivity index (χ2v) is 11.6. The van der Waals surface area contributed by atoms with Crippen LogP contribution in [-0.2, 0) is 20.1 Å². The number of carbonyl (C=O) groups is 3. The summed E-state index contributed by atoms with van der Waals surface area (Å²) in [5, 5.41) is 56.8. The number of nitrogens with two attached hydrogens (primary N) is 1. The number of amides is 1. The van der Waals surface area contributed by atoms with Crippen LogP contribution in [0, 0.1) is 11.8 Å². The Kier molecular flexibility index (Phi) is 7.03. The van der Waals surface area contributed by atoms with Crippen molar-refractivity contribution in [1.82, 2.24) is 4.90 Å². The number of Topliss-reactive ketones (excluding diaryl/α,β-unsaturated/α-hetero) is 2. The summed E-state index contributed by atoms with van der Waals surface area (Å²) >= 11 is 1.52. The minimum Gasteiger partial charge on any atom is -0.508 e. The van der Waals surface area contributed by atoms with E-state index in [1.807, 2.05) is 30.3 Å². The van der Waals surface area contributed by atoms with Crippen LogP contribution in [0.4, 0.5) is 0 Å². The first-order chi connectivity index (χ1) is 18.9. The maximum atomic E-state index is 14.1. The molecule has 11 heteroatoms. The van der Waals surface area contributed by atoms with Gasteiger partial charge in [0.05, 0.1) is 23.6 Å². The van der Waals surface area contributed by atoms with Gasteiger partial charge in [-0.05, 0) is 31.3 Å². The Balaban J connectivity index is 1.69. The number of thioether (sulfide) groups is 1. The molecule has 0 spiro atoms. The van der Waals surface area contributed by atoms with Gasteiger partial charge >= 0.3 is 0 Å². The van der Waals surface area contributed by atoms with Crippen LogP contribution in [0.2, 0.25) is 0 Å². The first-order valence-electron chi connectivity index (χ1n) is 12.7. The molecule has 3 aliphatic carbocycles. The number of phenols is 1. The molecule has 210 valence electrons. The lowest BCUT2D eigenvalue weighted by Crippen LogP contribution is -2.70. The van der Waals surface area contributed by atoms with Gasteiger partial charge in [-0.15, -0.1) is 0 Å². The van der Waals surface area contributed by atoms with Crippen molar-refractivity contribution in [3.8, 4) is 5.75 Å². The largest absolute Gasteiger partial charge is 0.508 e. The molecule has 1 amide bonds. The van der Waals surface area contributed by atoms with Gasteiger partial charge in [-0.25, -0.2) is 0 Å². The number of likely N-dealkylation sites (N-methyl/N-ethyl adjacent to an activating group) is 1. The fraction of sp³-hybridized carbons (Fsp3) is 0.345. The molecular formula is C29H30N2O8S. The van der Waals surface area contributed by atoms with Crippen molar-refractivity contribution in [3.05, 3.63) is 82.1 Å². The highest BCUT2D eigenvalue weighted by Gasteiger charge is 2.68. The average Bonchev–Trinajstić information content (AvgIpc) is 2.90. The molecule has 2 aromatic carbocycles. The molecule has 0 heterocycles. The van der Waals surface area contributed by atoms with Crippen LogP contribution in [0.15, 0.2) is 65.4 Å². The molecule has 2 aromatic rings. The number of aromatic hydroxyl groups is 1. The number of nitrogens with zero attached hydrogens (tertiary/aromatic N) is 1. The number of fused-ring (bicyclic) bond motifs is 3. The number of phenolic OH excluding ortho intramolecular Hbond substituents is 1. The molecule has 0 aromatic heterocycles. The smallest absolute Gasteiger partial charge is 0.255 e. The normalized spacial score (nSPS) is 29.8. The van der Waals surface area contributed by atoms with E-state index >= 15 is 0 Å². The van der Waals surface area contributed by atoms with E-state index in [9.17, 15) is 39.9 Å². The number of carbonyl (C=O) groups excluding carboxylic acids is 3. The van der Waals surface area contributed by atoms with Gasteiger partial charge in [0.15, 0.2) is 11.4 Å². The Labute approximate surface area is 234 Å². The van der Waals surface area contributed by atoms with Crippen LogP contribution in [0.3, 0.4) is 0 Å². The zero-order valence-electron chi connectivity index (χ0n) is 21.8. The number of aliphatic hydroxyl groups excluding tert-OH is 3. The molecule has 6 atom stereocenters. The van der Waals surface area contributed by atoms with Crippen molar-refractivity contribution in [2.75, 3.05) is 19.8 Å². The van der Waals surface area contributed by atoms with Crippen molar-refractivity contribution >= 4 is 35.0 Å². The number of ketones is 2. The Hall–Kier alpha value is -3.64. The van der Waals surface area contributed by atoms with E-state index in [1.165, 1.54) is 36.8 Å². The quantitative estimate of drug-likeness (QED) is 0.280. The fourth-order valence-corrected chi connectivity index (χ4v) is 7.66. The molecule has 3 unspecified atom stereocenters. The van der Waals surface area contributed by atoms with Crippen LogP contribution in [0.1, 0.15) is 22.6 Å². The van der Waals surface area contributed by atoms with Gasteiger partial charge in [0.2, 0.25) is 5.78 Å². The molecule has 0 radical (unpaired) electrons. The van der Waals surface area contributed by atoms with Crippen molar-refractivity contribution in [1.29, 1.82) is 0 Å². The third kappa shape index (κ3) is 3.95. The fourth-order valence-electron chi connectivity index (χ4n) is 6.47. The summed E-state index contributed by atoms with van der Waals surface area (Å²) < 4.78 is 0. The minimum atomic E-state index is -2.93. The number of hydrogen-bond donors (Lipinski definition) is 6. The van der Waals surface area contributed by atoms with Crippen LogP contribution in [-0.4, -0.2) is 85.5 Å². The molecule has 0 aliphatic heterocycles. The molecule has 3 aliphatic rings. The molecule has 7 N–H and O–H groups in total. The highest BCUT2D eigenvalue weighted by Crippen LogP contribution is 2.56. The lowest BCUT2D eigenvalue weighted by atomic mass is 9.54. The van der Waals surface area contributed by atoms with Gasteiger partial charge < -0.3 is 31.3 Å². The van der Waals surface area contributed by atoms with Gasteiger partial charge in [0.1, 0.15) is 22.8 Å². The van der Waals surface area contributed by atoms with E-state index in [0.717, 1.165) is 5.56 Å². The van der Waals surface area contributed by atoms with E-state index in [0.29, 0.717) is 17.1 Å². The maximum absolute atomic E-state index is 14.1. The van der Waals surface area contributed by atoms with Crippen LogP contribution in [0.25, 0.3) is 5.76 Å². The number of benzene rings is 2. The van der Waals surface area contributed by atoms with Crippen molar-refractivity contribution in [2.24, 2.45) is 17.6 Å². The SMILES string of the molecule is CN(C)[C@@H]1C(=O)C(C(N)=O)=C(O)[C@@]2(O)C(=O)C3=C(O)c4c(O)cccc4[C@H](CSCc4ccccc4)C3C(O)C12. The maximum Gasteiger partial charge on any atom is 0.255 e. The van der Waals surface area contributed by atoms with Gasteiger partial charge in [-0.3, -0.25) is 19.3 Å². The highest BCUT2D eigenvalue weighted by atomic mass is 32.2. The summed E-state index contributed by atoms with van der Waals surface area (Å²) in [6.45, 7) is 0. The van der Waals surface area contributed by atoms with Crippen molar-refractivity contribution in [2.45, 2.75) is 29.4 Å². The topological polar surface area (TPSA) is 182 Å². The molecule has 5 rings (SSSR count). The second kappa shape index (κ2) is 10.1. The van der Waals surface area contributed by atoms with E-state index in [-0.39, 0.29) is 11.3 Å². The Morgan fingerprint density at radius 2 is 1.73 bits per heavy atom. The highest BCUT2D eigenvalue weighted by molar-refractivity contribution is 7.98. The molecular weight excluding hydrogens is 536 g/mol. The molecule has 10 nitrogen and oxygen atoms in total. The summed E-state index contributed by atoms with van der Waals surface area (Å²) in [7, 11) is 2.96. The number of aliphatic hydroxyl groups is 4. The lowest BCUT2D eigenvalue weighted by molar-refractivity contribution is -0.169. The van der Waals surface area contributed by atoms with Crippen LogP contribution in [0.5, 0.6) is 5.75 Å². The molecule has 0 bridgehead atoms. The van der Waals surface area contributed by atoms with E-state index < -0.39 is 75.6 Å². The average molecular weight is 567 g/mol. The lowest BCUT2D eigenvalue weighted by Gasteiger charge is -2.54. The molecule has 0 saturated heterocycles. The summed E-state index contributed by atoms with van der Waals surface area (Å²) in [6.07, 6.45) is -1.63. The monoisotopic (exact) mass is 566 g/mol. The predicted molar refractivity (Wildman–Crippen MR) is 147 cm³/mol. The molecule has 1 fully saturated rings. The van der Waals surface area contributed by atoms with Crippen LogP contribution >= 0.6 is 11.8 Å². The van der Waals surface area contributed by atoms with E-state index in [4.69, 9.17) is 5.73 Å². The zero-order valence-corrected chi connectivity index (χ0v) is 22.6. The summed E-state index contributed by atoms with van der Waals surface area (Å²) in [5.74, 6) is -8.04. The van der Waals surface area contributed by atoms with Crippen LogP contribution < -0.4 is 5.73 Å². The van der Waals surface area contributed by atoms with Gasteiger partial charge in [0.25, 0.3) is 5.91 Å². The Morgan fingerprint density at radius 3 is 2.35 bits per heavy atom. The second-order valence-electron chi connectivity index (χ2n) is 10.6. The first-order valence-corrected chi connectivity index (χ1v) is 13.8. The Morgan fingerprint density at radius 1 is 1.05 bits per heavy atom. The standard InChI is InChI=1S/C29H30N2O8S/c1-31(2)22-21-24(34)18-15(12-40-11-13-7-4-3-5-8-13)14-9-6-10-16(32)17(14)23(33)19(18)26(36)29(21,39)27(37)20(25(22)35)28(30)38/h3-10,15,18,21-22,24,32-34,37,39H,11-12H2,1-2H3,(H2,30,38)/t15-,18?,21?,22-,24?,29-/m0/s1. The molecule has 1 saturated carbocycles. The summed E-state index contributed by atoms with van der Waals surface area (Å²) in [6, 6.07) is 12.9. The number of rotatable bonds is 6. The first kappa shape index (κ1) is 27.9. The Bertz CT molecular complexity index is 1470. The van der Waals surface area contributed by atoms with E-state index in [1.54, 1.807) is 12.1 Å². The summed E-state index contributed by atoms with van der Waals surface area (Å²) in [5.41, 5.74) is 2.61. The number of hydrogen-bond acceptors (Lipinski definition) is 10. The minimum absolute atomic E-state index is 0.0173. The molecule has 40 heavy (non-hydrogen) atoms. The van der Waals surface area contributed by atoms with Gasteiger partial charge in [-0.1, -0.05) is 42.5 Å². The number of primary amides is 1. The van der Waals surface area contributed by atoms with Gasteiger partial charge in [0, 0.05) is 28.9 Å². The van der Waals surface area contributed by atoms with Gasteiger partial charge in [-0.2, -0.15) is 11.8 Å². The predicted octanol–water partition coefficient (Wildman–Crippen LogP) is 1.41. The zero-order chi connectivity index (χ0) is 29.1. The third-order valence-electron chi connectivity index (χ3n) is 8.21. The van der Waals surface area contributed by atoms with Crippen molar-refractivity contribution in [3.63, 3.8) is 0 Å². The van der Waals surface area contributed by atoms with Crippen molar-refractivity contribution < 1.29 is 39.9 Å².